The van der Waals surface area contributed by atoms with Crippen molar-refractivity contribution in [1.82, 2.24) is 9.78 Å². The lowest BCUT2D eigenvalue weighted by molar-refractivity contribution is -0.109. The largest absolute Gasteiger partial charge is 0.384 e. The summed E-state index contributed by atoms with van der Waals surface area (Å²) in [5.41, 5.74) is 12.2. The van der Waals surface area contributed by atoms with Gasteiger partial charge in [-0.3, -0.25) is 0 Å². The number of carbonyl (C=O) groups is 1. The molecular weight excluding hydrogens is 302 g/mol. The molecule has 24 heavy (non-hydrogen) atoms. The van der Waals surface area contributed by atoms with Crippen LogP contribution in [0.25, 0.3) is 0 Å². The second kappa shape index (κ2) is 11.6. The minimum atomic E-state index is -0.440. The fourth-order valence-electron chi connectivity index (χ4n) is 2.14. The number of nitrogens with zero attached hydrogens (tertiary/aromatic N) is 3. The van der Waals surface area contributed by atoms with E-state index in [1.807, 2.05) is 17.8 Å². The molecule has 2 aliphatic carbocycles. The van der Waals surface area contributed by atoms with Crippen LogP contribution in [0.1, 0.15) is 64.5 Å². The van der Waals surface area contributed by atoms with Crippen molar-refractivity contribution in [3.8, 4) is 6.07 Å². The first-order chi connectivity index (χ1) is 11.0. The maximum atomic E-state index is 9.51. The zero-order chi connectivity index (χ0) is 17.2. The lowest BCUT2D eigenvalue weighted by atomic mass is 9.86. The van der Waals surface area contributed by atoms with Gasteiger partial charge in [-0.2, -0.15) is 10.4 Å². The second-order valence-corrected chi connectivity index (χ2v) is 6.33. The van der Waals surface area contributed by atoms with Crippen molar-refractivity contribution in [2.24, 2.45) is 17.6 Å². The van der Waals surface area contributed by atoms with Crippen LogP contribution in [0.3, 0.4) is 0 Å². The standard InChI is InChI=1S/C8H13N3.C5H11N.C4H5NO.CH4/c1-6-5-10-11(8(6)9)7-3-2-4-7;6-4-5-2-1-3-5;1-4(2-5)3-6;/h5,7H,2-4,9H2,1H3;5H,1-4,6H2;3-4H,1H3;1H4. The van der Waals surface area contributed by atoms with E-state index < -0.39 is 5.92 Å². The second-order valence-electron chi connectivity index (χ2n) is 6.33. The number of nitriles is 1. The molecule has 0 saturated heterocycles. The van der Waals surface area contributed by atoms with Crippen LogP contribution < -0.4 is 11.5 Å². The molecule has 0 amide bonds. The number of aryl methyl sites for hydroxylation is 1. The van der Waals surface area contributed by atoms with Crippen molar-refractivity contribution < 1.29 is 4.79 Å². The van der Waals surface area contributed by atoms with Crippen molar-refractivity contribution >= 4 is 12.1 Å². The van der Waals surface area contributed by atoms with E-state index in [9.17, 15) is 4.79 Å². The van der Waals surface area contributed by atoms with Gasteiger partial charge in [0, 0.05) is 5.56 Å². The fraction of sp³-hybridized carbons (Fsp3) is 0.722. The predicted octanol–water partition coefficient (Wildman–Crippen LogP) is 3.23. The maximum absolute atomic E-state index is 9.51. The highest BCUT2D eigenvalue weighted by atomic mass is 16.1. The predicted molar refractivity (Wildman–Crippen MR) is 98.2 cm³/mol. The molecule has 1 aromatic heterocycles. The van der Waals surface area contributed by atoms with Crippen molar-refractivity contribution in [3.63, 3.8) is 0 Å². The van der Waals surface area contributed by atoms with Crippen molar-refractivity contribution in [2.75, 3.05) is 12.3 Å². The molecule has 1 unspecified atom stereocenters. The van der Waals surface area contributed by atoms with Gasteiger partial charge in [0.25, 0.3) is 0 Å². The van der Waals surface area contributed by atoms with Gasteiger partial charge in [-0.05, 0) is 58.4 Å². The number of anilines is 1. The Hall–Kier alpha value is -1.87. The van der Waals surface area contributed by atoms with E-state index >= 15 is 0 Å². The maximum Gasteiger partial charge on any atom is 0.136 e. The minimum absolute atomic E-state index is 0. The molecule has 2 fully saturated rings. The number of nitrogens with two attached hydrogens (primary N) is 2. The molecule has 0 bridgehead atoms. The average Bonchev–Trinajstić information content (AvgIpc) is 2.77. The zero-order valence-corrected chi connectivity index (χ0v) is 14.2. The van der Waals surface area contributed by atoms with Crippen LogP contribution in [0.2, 0.25) is 0 Å². The minimum Gasteiger partial charge on any atom is -0.384 e. The van der Waals surface area contributed by atoms with Gasteiger partial charge in [0.2, 0.25) is 0 Å². The van der Waals surface area contributed by atoms with Crippen molar-refractivity contribution in [3.05, 3.63) is 11.8 Å². The Balaban J connectivity index is 0.000000353. The summed E-state index contributed by atoms with van der Waals surface area (Å²) < 4.78 is 1.96. The molecule has 0 spiro atoms. The zero-order valence-electron chi connectivity index (χ0n) is 14.2. The summed E-state index contributed by atoms with van der Waals surface area (Å²) in [6.45, 7) is 4.46. The summed E-state index contributed by atoms with van der Waals surface area (Å²) in [7, 11) is 0. The van der Waals surface area contributed by atoms with Crippen LogP contribution in [-0.4, -0.2) is 22.6 Å². The average molecular weight is 335 g/mol. The molecule has 1 aromatic rings. The van der Waals surface area contributed by atoms with Gasteiger partial charge in [0.05, 0.1) is 24.2 Å². The van der Waals surface area contributed by atoms with Gasteiger partial charge in [-0.25, -0.2) is 4.68 Å². The molecule has 2 saturated carbocycles. The molecule has 0 aliphatic heterocycles. The number of carbonyl (C=O) groups excluding carboxylic acids is 1. The number of aromatic nitrogens is 2. The SMILES string of the molecule is C.CC(C#N)C=O.Cc1cnn(C2CCC2)c1N.NCC1CCC1. The Morgan fingerprint density at radius 2 is 2.00 bits per heavy atom. The first-order valence-corrected chi connectivity index (χ1v) is 8.38. The van der Waals surface area contributed by atoms with E-state index in [4.69, 9.17) is 16.7 Å². The molecular formula is C18H33N5O. The molecule has 0 radical (unpaired) electrons. The normalized spacial score (nSPS) is 17.2. The van der Waals surface area contributed by atoms with E-state index in [0.717, 1.165) is 23.8 Å². The van der Waals surface area contributed by atoms with E-state index in [1.165, 1.54) is 38.5 Å². The Bertz CT molecular complexity index is 509. The van der Waals surface area contributed by atoms with Gasteiger partial charge >= 0.3 is 0 Å². The smallest absolute Gasteiger partial charge is 0.136 e. The number of hydrogen-bond acceptors (Lipinski definition) is 5. The van der Waals surface area contributed by atoms with Crippen LogP contribution >= 0.6 is 0 Å². The molecule has 6 nitrogen and oxygen atoms in total. The quantitative estimate of drug-likeness (QED) is 0.824. The summed E-state index contributed by atoms with van der Waals surface area (Å²) in [5, 5.41) is 12.1. The Morgan fingerprint density at radius 1 is 1.42 bits per heavy atom. The number of nitrogen functional groups attached to an aromatic ring is 1. The summed E-state index contributed by atoms with van der Waals surface area (Å²) >= 11 is 0. The highest BCUT2D eigenvalue weighted by Crippen LogP contribution is 2.33. The van der Waals surface area contributed by atoms with E-state index in [-0.39, 0.29) is 7.43 Å². The lowest BCUT2D eigenvalue weighted by Crippen LogP contribution is -2.20. The van der Waals surface area contributed by atoms with Crippen LogP contribution in [-0.2, 0) is 4.79 Å². The van der Waals surface area contributed by atoms with Gasteiger partial charge in [0.15, 0.2) is 0 Å². The number of rotatable bonds is 3. The topological polar surface area (TPSA) is 111 Å². The summed E-state index contributed by atoms with van der Waals surface area (Å²) in [6, 6.07) is 2.33. The fourth-order valence-corrected chi connectivity index (χ4v) is 2.14. The third-order valence-electron chi connectivity index (χ3n) is 4.41. The summed E-state index contributed by atoms with van der Waals surface area (Å²) in [4.78, 5) is 9.51. The summed E-state index contributed by atoms with van der Waals surface area (Å²) in [6.07, 6.45) is 10.4. The number of hydrogen-bond donors (Lipinski definition) is 2. The van der Waals surface area contributed by atoms with Crippen LogP contribution in [0.15, 0.2) is 6.20 Å². The molecule has 136 valence electrons. The molecule has 1 atom stereocenters. The van der Waals surface area contributed by atoms with Crippen LogP contribution in [0.4, 0.5) is 5.82 Å². The van der Waals surface area contributed by atoms with Crippen LogP contribution in [0, 0.1) is 30.1 Å². The summed E-state index contributed by atoms with van der Waals surface area (Å²) in [5.74, 6) is 1.30. The monoisotopic (exact) mass is 335 g/mol. The van der Waals surface area contributed by atoms with Gasteiger partial charge in [-0.15, -0.1) is 0 Å². The number of aldehydes is 1. The van der Waals surface area contributed by atoms with Gasteiger partial charge < -0.3 is 16.3 Å². The Morgan fingerprint density at radius 3 is 2.17 bits per heavy atom. The van der Waals surface area contributed by atoms with Crippen molar-refractivity contribution in [1.29, 1.82) is 5.26 Å². The van der Waals surface area contributed by atoms with Gasteiger partial charge in [-0.1, -0.05) is 13.8 Å². The third-order valence-corrected chi connectivity index (χ3v) is 4.41. The third kappa shape index (κ3) is 6.71. The highest BCUT2D eigenvalue weighted by Gasteiger charge is 2.21. The van der Waals surface area contributed by atoms with E-state index in [2.05, 4.69) is 5.10 Å². The first-order valence-electron chi connectivity index (χ1n) is 8.38. The molecule has 4 N–H and O–H groups in total. The molecule has 3 rings (SSSR count). The highest BCUT2D eigenvalue weighted by molar-refractivity contribution is 5.56. The molecule has 1 heterocycles. The Kier molecular flexibility index (Phi) is 10.7. The van der Waals surface area contributed by atoms with Gasteiger partial charge in [0.1, 0.15) is 12.1 Å². The molecule has 0 aromatic carbocycles. The Labute approximate surface area is 146 Å². The first kappa shape index (κ1) is 22.1. The van der Waals surface area contributed by atoms with E-state index in [1.54, 1.807) is 13.0 Å². The molecule has 2 aliphatic rings. The van der Waals surface area contributed by atoms with Crippen LogP contribution in [0.5, 0.6) is 0 Å². The van der Waals surface area contributed by atoms with E-state index in [0.29, 0.717) is 12.3 Å². The lowest BCUT2D eigenvalue weighted by Gasteiger charge is -2.26. The van der Waals surface area contributed by atoms with Crippen molar-refractivity contribution in [2.45, 2.75) is 65.8 Å². The molecule has 6 heteroatoms.